The Hall–Kier alpha value is -1.84. The summed E-state index contributed by atoms with van der Waals surface area (Å²) in [5.74, 6) is -1.13. The van der Waals surface area contributed by atoms with E-state index < -0.39 is 12.0 Å². The molecule has 104 valence electrons. The number of rotatable bonds is 6. The zero-order valence-corrected chi connectivity index (χ0v) is 11.6. The van der Waals surface area contributed by atoms with Gasteiger partial charge in [0.05, 0.1) is 0 Å². The van der Waals surface area contributed by atoms with Gasteiger partial charge in [0.15, 0.2) is 0 Å². The van der Waals surface area contributed by atoms with Crippen molar-refractivity contribution in [2.45, 2.75) is 45.6 Å². The quantitative estimate of drug-likeness (QED) is 0.828. The monoisotopic (exact) mass is 263 g/mol. The molecule has 0 bridgehead atoms. The van der Waals surface area contributed by atoms with Crippen LogP contribution in [0.2, 0.25) is 0 Å². The Kier molecular flexibility index (Phi) is 5.55. The smallest absolute Gasteiger partial charge is 0.326 e. The molecule has 0 aliphatic carbocycles. The average Bonchev–Trinajstić information content (AvgIpc) is 2.35. The van der Waals surface area contributed by atoms with E-state index in [0.717, 1.165) is 11.1 Å². The summed E-state index contributed by atoms with van der Waals surface area (Å²) in [4.78, 5) is 22.7. The summed E-state index contributed by atoms with van der Waals surface area (Å²) in [5.41, 5.74) is 2.27. The minimum atomic E-state index is -0.987. The van der Waals surface area contributed by atoms with E-state index in [1.54, 1.807) is 6.92 Å². The minimum Gasteiger partial charge on any atom is -0.480 e. The predicted octanol–water partition coefficient (Wildman–Crippen LogP) is 2.47. The minimum absolute atomic E-state index is 0.0764. The van der Waals surface area contributed by atoms with Gasteiger partial charge in [-0.05, 0) is 30.4 Å². The molecular weight excluding hydrogens is 242 g/mol. The standard InChI is InChI=1S/C15H21NO3/c1-4-13(15(18)19)16-14(17)9-11(3)12-8-6-5-7-10(12)2/h5-8,11,13H,4,9H2,1-3H3,(H,16,17)(H,18,19). The molecule has 0 heterocycles. The lowest BCUT2D eigenvalue weighted by atomic mass is 9.93. The summed E-state index contributed by atoms with van der Waals surface area (Å²) in [7, 11) is 0. The van der Waals surface area contributed by atoms with Crippen molar-refractivity contribution >= 4 is 11.9 Å². The summed E-state index contributed by atoms with van der Waals surface area (Å²) in [6.45, 7) is 5.73. The largest absolute Gasteiger partial charge is 0.480 e. The second-order valence-corrected chi connectivity index (χ2v) is 4.83. The second-order valence-electron chi connectivity index (χ2n) is 4.83. The first kappa shape index (κ1) is 15.2. The van der Waals surface area contributed by atoms with E-state index in [4.69, 9.17) is 5.11 Å². The maximum atomic E-state index is 11.8. The van der Waals surface area contributed by atoms with Crippen molar-refractivity contribution in [3.8, 4) is 0 Å². The summed E-state index contributed by atoms with van der Waals surface area (Å²) < 4.78 is 0. The van der Waals surface area contributed by atoms with Crippen LogP contribution < -0.4 is 5.32 Å². The Morgan fingerprint density at radius 3 is 2.47 bits per heavy atom. The van der Waals surface area contributed by atoms with Gasteiger partial charge in [0.1, 0.15) is 6.04 Å². The summed E-state index contributed by atoms with van der Waals surface area (Å²) >= 11 is 0. The van der Waals surface area contributed by atoms with E-state index in [1.807, 2.05) is 38.1 Å². The first-order valence-corrected chi connectivity index (χ1v) is 6.53. The maximum absolute atomic E-state index is 11.8. The predicted molar refractivity (Wildman–Crippen MR) is 74.1 cm³/mol. The van der Waals surface area contributed by atoms with Crippen molar-refractivity contribution in [3.63, 3.8) is 0 Å². The Bertz CT molecular complexity index is 456. The zero-order valence-electron chi connectivity index (χ0n) is 11.6. The van der Waals surface area contributed by atoms with Crippen LogP contribution in [-0.4, -0.2) is 23.0 Å². The van der Waals surface area contributed by atoms with Gasteiger partial charge in [0, 0.05) is 6.42 Å². The van der Waals surface area contributed by atoms with Crippen molar-refractivity contribution < 1.29 is 14.7 Å². The Balaban J connectivity index is 2.62. The van der Waals surface area contributed by atoms with Gasteiger partial charge in [-0.15, -0.1) is 0 Å². The molecule has 1 aromatic carbocycles. The van der Waals surface area contributed by atoms with E-state index in [-0.39, 0.29) is 11.8 Å². The molecule has 2 atom stereocenters. The van der Waals surface area contributed by atoms with Crippen molar-refractivity contribution in [2.24, 2.45) is 0 Å². The zero-order chi connectivity index (χ0) is 14.4. The number of carbonyl (C=O) groups is 2. The molecule has 0 radical (unpaired) electrons. The number of aliphatic carboxylic acids is 1. The molecule has 0 aromatic heterocycles. The number of nitrogens with one attached hydrogen (secondary N) is 1. The van der Waals surface area contributed by atoms with Gasteiger partial charge in [0.2, 0.25) is 5.91 Å². The highest BCUT2D eigenvalue weighted by Crippen LogP contribution is 2.22. The van der Waals surface area contributed by atoms with Gasteiger partial charge in [-0.2, -0.15) is 0 Å². The molecular formula is C15H21NO3. The molecule has 2 unspecified atom stereocenters. The van der Waals surface area contributed by atoms with E-state index in [0.29, 0.717) is 12.8 Å². The van der Waals surface area contributed by atoms with Crippen molar-refractivity contribution in [2.75, 3.05) is 0 Å². The fourth-order valence-corrected chi connectivity index (χ4v) is 2.12. The van der Waals surface area contributed by atoms with Gasteiger partial charge in [0.25, 0.3) is 0 Å². The first-order chi connectivity index (χ1) is 8.95. The van der Waals surface area contributed by atoms with Gasteiger partial charge in [-0.3, -0.25) is 4.79 Å². The summed E-state index contributed by atoms with van der Waals surface area (Å²) in [6, 6.07) is 7.13. The van der Waals surface area contributed by atoms with Gasteiger partial charge >= 0.3 is 5.97 Å². The third kappa shape index (κ3) is 4.39. The molecule has 0 saturated carbocycles. The number of benzene rings is 1. The number of carboxylic acids is 1. The molecule has 0 saturated heterocycles. The van der Waals surface area contributed by atoms with Crippen LogP contribution in [0, 0.1) is 6.92 Å². The molecule has 0 fully saturated rings. The van der Waals surface area contributed by atoms with Gasteiger partial charge in [-0.25, -0.2) is 4.79 Å². The van der Waals surface area contributed by atoms with Crippen LogP contribution in [0.25, 0.3) is 0 Å². The third-order valence-corrected chi connectivity index (χ3v) is 3.25. The number of carboxylic acid groups (broad SMARTS) is 1. The molecule has 1 rings (SSSR count). The van der Waals surface area contributed by atoms with Crippen molar-refractivity contribution in [3.05, 3.63) is 35.4 Å². The van der Waals surface area contributed by atoms with Crippen LogP contribution >= 0.6 is 0 Å². The lowest BCUT2D eigenvalue weighted by Gasteiger charge is -2.17. The Morgan fingerprint density at radius 1 is 1.32 bits per heavy atom. The number of carbonyl (C=O) groups excluding carboxylic acids is 1. The van der Waals surface area contributed by atoms with E-state index in [9.17, 15) is 9.59 Å². The number of hydrogen-bond acceptors (Lipinski definition) is 2. The molecule has 0 spiro atoms. The molecule has 19 heavy (non-hydrogen) atoms. The number of aryl methyl sites for hydroxylation is 1. The SMILES string of the molecule is CCC(NC(=O)CC(C)c1ccccc1C)C(=O)O. The van der Waals surface area contributed by atoms with Crippen LogP contribution in [0.4, 0.5) is 0 Å². The molecule has 0 aliphatic rings. The third-order valence-electron chi connectivity index (χ3n) is 3.25. The Morgan fingerprint density at radius 2 is 1.95 bits per heavy atom. The van der Waals surface area contributed by atoms with E-state index in [1.165, 1.54) is 0 Å². The first-order valence-electron chi connectivity index (χ1n) is 6.53. The van der Waals surface area contributed by atoms with Crippen molar-refractivity contribution in [1.82, 2.24) is 5.32 Å². The molecule has 0 aliphatic heterocycles. The highest BCUT2D eigenvalue weighted by molar-refractivity contribution is 5.83. The molecule has 4 heteroatoms. The van der Waals surface area contributed by atoms with E-state index in [2.05, 4.69) is 5.32 Å². The van der Waals surface area contributed by atoms with Gasteiger partial charge in [-0.1, -0.05) is 38.1 Å². The van der Waals surface area contributed by atoms with Crippen LogP contribution in [-0.2, 0) is 9.59 Å². The highest BCUT2D eigenvalue weighted by atomic mass is 16.4. The number of hydrogen-bond donors (Lipinski definition) is 2. The van der Waals surface area contributed by atoms with Crippen LogP contribution in [0.15, 0.2) is 24.3 Å². The number of amides is 1. The topological polar surface area (TPSA) is 66.4 Å². The van der Waals surface area contributed by atoms with Crippen molar-refractivity contribution in [1.29, 1.82) is 0 Å². The normalized spacial score (nSPS) is 13.6. The maximum Gasteiger partial charge on any atom is 0.326 e. The molecule has 1 aromatic rings. The van der Waals surface area contributed by atoms with Crippen LogP contribution in [0.3, 0.4) is 0 Å². The average molecular weight is 263 g/mol. The molecule has 2 N–H and O–H groups in total. The lowest BCUT2D eigenvalue weighted by molar-refractivity contribution is -0.141. The molecule has 1 amide bonds. The fraction of sp³-hybridized carbons (Fsp3) is 0.467. The molecule has 4 nitrogen and oxygen atoms in total. The Labute approximate surface area is 113 Å². The summed E-state index contributed by atoms with van der Waals surface area (Å²) in [5, 5.41) is 11.5. The van der Waals surface area contributed by atoms with Crippen LogP contribution in [0.1, 0.15) is 43.7 Å². The second kappa shape index (κ2) is 6.92. The lowest BCUT2D eigenvalue weighted by Crippen LogP contribution is -2.40. The van der Waals surface area contributed by atoms with E-state index >= 15 is 0 Å². The van der Waals surface area contributed by atoms with Crippen LogP contribution in [0.5, 0.6) is 0 Å². The summed E-state index contributed by atoms with van der Waals surface area (Å²) in [6.07, 6.45) is 0.689. The fourth-order valence-electron chi connectivity index (χ4n) is 2.12. The van der Waals surface area contributed by atoms with Gasteiger partial charge < -0.3 is 10.4 Å². The highest BCUT2D eigenvalue weighted by Gasteiger charge is 2.19.